The fraction of sp³-hybridized carbons (Fsp3) is 0.842. The molecule has 0 radical (unpaired) electrons. The second-order valence-corrected chi connectivity index (χ2v) is 13.1. The topological polar surface area (TPSA) is 224 Å². The molecule has 0 aliphatic rings. The van der Waals surface area contributed by atoms with Gasteiger partial charge < -0.3 is 30.6 Å². The lowest BCUT2D eigenvalue weighted by atomic mass is 10.1. The van der Waals surface area contributed by atoms with Crippen molar-refractivity contribution in [2.45, 2.75) is 205 Å². The van der Waals surface area contributed by atoms with E-state index >= 15 is 0 Å². The lowest BCUT2D eigenvalue weighted by Gasteiger charge is -2.01. The first-order chi connectivity index (χ1) is 23.9. The van der Waals surface area contributed by atoms with Gasteiger partial charge in [-0.05, 0) is 38.5 Å². The van der Waals surface area contributed by atoms with Crippen LogP contribution in [0.5, 0.6) is 0 Å². The molecule has 0 saturated carbocycles. The molecule has 0 unspecified atom stereocenters. The van der Waals surface area contributed by atoms with E-state index in [-0.39, 0.29) is 38.5 Å². The Morgan fingerprint density at radius 2 is 0.260 bits per heavy atom. The van der Waals surface area contributed by atoms with Gasteiger partial charge in [0.2, 0.25) is 0 Å². The van der Waals surface area contributed by atoms with Gasteiger partial charge in [0, 0.05) is 38.5 Å². The van der Waals surface area contributed by atoms with Gasteiger partial charge in [-0.3, -0.25) is 28.8 Å². The molecule has 12 heteroatoms. The molecule has 0 rings (SSSR count). The summed E-state index contributed by atoms with van der Waals surface area (Å²) in [5, 5.41) is 50.6. The van der Waals surface area contributed by atoms with Crippen LogP contribution in [0, 0.1) is 0 Å². The van der Waals surface area contributed by atoms with Crippen molar-refractivity contribution in [3.05, 3.63) is 0 Å². The van der Waals surface area contributed by atoms with Gasteiger partial charge in [0.25, 0.3) is 0 Å². The molecule has 12 nitrogen and oxygen atoms in total. The molecule has 0 bridgehead atoms. The summed E-state index contributed by atoms with van der Waals surface area (Å²) in [7, 11) is 0. The molecular weight excluding hydrogens is 648 g/mol. The van der Waals surface area contributed by atoms with Gasteiger partial charge in [-0.1, -0.05) is 128 Å². The number of unbranched alkanes of at least 4 members (excludes halogenated alkanes) is 23. The smallest absolute Gasteiger partial charge is 0.303 e. The van der Waals surface area contributed by atoms with Crippen LogP contribution in [-0.2, 0) is 28.8 Å². The average Bonchev–Trinajstić information content (AvgIpc) is 3.03. The van der Waals surface area contributed by atoms with Crippen LogP contribution in [0.25, 0.3) is 0 Å². The summed E-state index contributed by atoms with van der Waals surface area (Å²) in [4.78, 5) is 61.4. The molecule has 0 amide bonds. The summed E-state index contributed by atoms with van der Waals surface area (Å²) >= 11 is 0. The predicted molar refractivity (Wildman–Crippen MR) is 194 cm³/mol. The van der Waals surface area contributed by atoms with Gasteiger partial charge in [0.15, 0.2) is 0 Å². The van der Waals surface area contributed by atoms with Crippen LogP contribution in [0.1, 0.15) is 205 Å². The molecule has 0 aliphatic heterocycles. The van der Waals surface area contributed by atoms with E-state index in [9.17, 15) is 28.8 Å². The predicted octanol–water partition coefficient (Wildman–Crippen LogP) is 9.95. The highest BCUT2D eigenvalue weighted by atomic mass is 16.4. The number of carbonyl (C=O) groups is 6. The maximum Gasteiger partial charge on any atom is 0.303 e. The number of carboxylic acids is 6. The molecule has 0 aromatic carbocycles. The van der Waals surface area contributed by atoms with Crippen LogP contribution in [0.4, 0.5) is 0 Å². The van der Waals surface area contributed by atoms with Gasteiger partial charge in [0.1, 0.15) is 0 Å². The summed E-state index contributed by atoms with van der Waals surface area (Å²) < 4.78 is 0. The van der Waals surface area contributed by atoms with Crippen LogP contribution in [-0.4, -0.2) is 66.5 Å². The highest BCUT2D eigenvalue weighted by Gasteiger charge is 2.01. The number of hydrogen-bond donors (Lipinski definition) is 6. The molecule has 0 aliphatic carbocycles. The van der Waals surface area contributed by atoms with Crippen molar-refractivity contribution in [3.8, 4) is 0 Å². The van der Waals surface area contributed by atoms with E-state index in [0.29, 0.717) is 0 Å². The van der Waals surface area contributed by atoms with Crippen molar-refractivity contribution < 1.29 is 59.4 Å². The third-order valence-corrected chi connectivity index (χ3v) is 8.09. The Bertz CT molecular complexity index is 732. The Balaban J connectivity index is -0.000000663. The monoisotopic (exact) mass is 718 g/mol. The van der Waals surface area contributed by atoms with Crippen LogP contribution in [0.2, 0.25) is 0 Å². The molecule has 0 atom stereocenters. The number of hydrogen-bond acceptors (Lipinski definition) is 6. The molecule has 6 N–H and O–H groups in total. The Hall–Kier alpha value is -3.18. The summed E-state index contributed by atoms with van der Waals surface area (Å²) in [6.45, 7) is 0. The first-order valence-electron chi connectivity index (χ1n) is 19.2. The van der Waals surface area contributed by atoms with Gasteiger partial charge in [0.05, 0.1) is 0 Å². The van der Waals surface area contributed by atoms with E-state index < -0.39 is 35.8 Å². The molecule has 0 spiro atoms. The lowest BCUT2D eigenvalue weighted by molar-refractivity contribution is -0.138. The van der Waals surface area contributed by atoms with Crippen molar-refractivity contribution in [2.24, 2.45) is 0 Å². The first-order valence-corrected chi connectivity index (χ1v) is 19.2. The van der Waals surface area contributed by atoms with Crippen LogP contribution >= 0.6 is 0 Å². The Kier molecular flexibility index (Phi) is 43.0. The summed E-state index contributed by atoms with van der Waals surface area (Å²) in [5.41, 5.74) is 0. The Morgan fingerprint density at radius 3 is 0.340 bits per heavy atom. The third kappa shape index (κ3) is 60.2. The summed E-state index contributed by atoms with van der Waals surface area (Å²) in [6, 6.07) is 0. The second kappa shape index (κ2) is 42.0. The highest BCUT2D eigenvalue weighted by Crippen LogP contribution is 2.13. The SMILES string of the molecule is O=C(O)CCCCCCCCCCC(=O)O.O=C(O)CCCCCCCCCCCC(=O)O.O=C(O)CCCCCCCCCCCC(=O)O. The molecular formula is C38H70O12. The number of carboxylic acid groups (broad SMARTS) is 6. The van der Waals surface area contributed by atoms with Crippen molar-refractivity contribution >= 4 is 35.8 Å². The highest BCUT2D eigenvalue weighted by molar-refractivity contribution is 5.68. The van der Waals surface area contributed by atoms with Crippen LogP contribution < -0.4 is 0 Å². The van der Waals surface area contributed by atoms with E-state index in [0.717, 1.165) is 128 Å². The zero-order valence-corrected chi connectivity index (χ0v) is 30.8. The fourth-order valence-electron chi connectivity index (χ4n) is 5.19. The minimum atomic E-state index is -0.714. The summed E-state index contributed by atoms with van der Waals surface area (Å²) in [5.74, 6) is -4.25. The van der Waals surface area contributed by atoms with Gasteiger partial charge in [-0.2, -0.15) is 0 Å². The average molecular weight is 719 g/mol. The first kappa shape index (κ1) is 51.2. The standard InChI is InChI=1S/2C13H24O4.C12H22O4/c2*14-12(15)10-8-6-4-2-1-3-5-7-9-11-13(16)17;13-11(14)9-7-5-3-1-2-4-6-8-10-12(15)16/h2*1-11H2,(H,14,15)(H,16,17);1-10H2,(H,13,14)(H,15,16). The summed E-state index contributed by atoms with van der Waals surface area (Å²) in [6.07, 6.45) is 28.3. The molecule has 0 saturated heterocycles. The molecule has 0 aromatic rings. The Morgan fingerprint density at radius 1 is 0.180 bits per heavy atom. The quantitative estimate of drug-likeness (QED) is 0.0337. The fourth-order valence-corrected chi connectivity index (χ4v) is 5.19. The van der Waals surface area contributed by atoms with Crippen LogP contribution in [0.3, 0.4) is 0 Å². The lowest BCUT2D eigenvalue weighted by Crippen LogP contribution is -1.94. The van der Waals surface area contributed by atoms with Gasteiger partial charge in [-0.15, -0.1) is 0 Å². The molecule has 294 valence electrons. The van der Waals surface area contributed by atoms with Crippen molar-refractivity contribution in [1.82, 2.24) is 0 Å². The normalized spacial score (nSPS) is 10.3. The molecule has 0 fully saturated rings. The largest absolute Gasteiger partial charge is 0.481 e. The number of aliphatic carboxylic acids is 6. The maximum atomic E-state index is 10.2. The Labute approximate surface area is 300 Å². The third-order valence-electron chi connectivity index (χ3n) is 8.09. The van der Waals surface area contributed by atoms with Crippen molar-refractivity contribution in [2.75, 3.05) is 0 Å². The van der Waals surface area contributed by atoms with Crippen LogP contribution in [0.15, 0.2) is 0 Å². The minimum absolute atomic E-state index is 0.276. The second-order valence-electron chi connectivity index (χ2n) is 13.1. The number of rotatable bonds is 35. The molecule has 50 heavy (non-hydrogen) atoms. The van der Waals surface area contributed by atoms with Gasteiger partial charge >= 0.3 is 35.8 Å². The maximum absolute atomic E-state index is 10.2. The van der Waals surface area contributed by atoms with E-state index in [2.05, 4.69) is 0 Å². The van der Waals surface area contributed by atoms with E-state index in [1.54, 1.807) is 0 Å². The van der Waals surface area contributed by atoms with E-state index in [4.69, 9.17) is 30.6 Å². The van der Waals surface area contributed by atoms with Gasteiger partial charge in [-0.25, -0.2) is 0 Å². The zero-order valence-electron chi connectivity index (χ0n) is 30.8. The van der Waals surface area contributed by atoms with E-state index in [1.807, 2.05) is 0 Å². The molecule has 0 heterocycles. The van der Waals surface area contributed by atoms with E-state index in [1.165, 1.54) is 38.5 Å². The van der Waals surface area contributed by atoms with Crippen molar-refractivity contribution in [3.63, 3.8) is 0 Å². The molecule has 0 aromatic heterocycles. The van der Waals surface area contributed by atoms with Crippen molar-refractivity contribution in [1.29, 1.82) is 0 Å². The minimum Gasteiger partial charge on any atom is -0.481 e. The zero-order chi connectivity index (χ0) is 38.1.